The lowest BCUT2D eigenvalue weighted by atomic mass is 10.0. The summed E-state index contributed by atoms with van der Waals surface area (Å²) in [7, 11) is -3.55. The third kappa shape index (κ3) is 4.70. The second-order valence-corrected chi connectivity index (χ2v) is 10.6. The minimum absolute atomic E-state index is 0.0394. The molecule has 0 N–H and O–H groups in total. The Morgan fingerprint density at radius 2 is 1.64 bits per heavy atom. The molecule has 1 aromatic heterocycles. The van der Waals surface area contributed by atoms with Crippen molar-refractivity contribution in [1.82, 2.24) is 13.8 Å². The molecule has 1 aromatic carbocycles. The highest BCUT2D eigenvalue weighted by Gasteiger charge is 2.38. The van der Waals surface area contributed by atoms with Gasteiger partial charge in [0.05, 0.1) is 10.8 Å². The summed E-state index contributed by atoms with van der Waals surface area (Å²) in [5.74, 6) is -0.424. The SMILES string of the molecule is CCN(CC)S(=O)(=O)c1ccc(N2CC(C(=O)N3CCC(n4cccc4)CC3)CC2=O)cc1. The number of rotatable bonds is 7. The first-order valence-corrected chi connectivity index (χ1v) is 13.1. The van der Waals surface area contributed by atoms with Gasteiger partial charge in [-0.05, 0) is 49.2 Å². The smallest absolute Gasteiger partial charge is 0.243 e. The van der Waals surface area contributed by atoms with Crippen LogP contribution in [0.1, 0.15) is 39.2 Å². The number of carbonyl (C=O) groups excluding carboxylic acids is 2. The zero-order valence-electron chi connectivity index (χ0n) is 19.3. The van der Waals surface area contributed by atoms with Gasteiger partial charge in [0.2, 0.25) is 21.8 Å². The van der Waals surface area contributed by atoms with E-state index in [1.54, 1.807) is 30.9 Å². The number of aromatic nitrogens is 1. The number of hydrogen-bond donors (Lipinski definition) is 0. The van der Waals surface area contributed by atoms with Crippen LogP contribution < -0.4 is 4.90 Å². The summed E-state index contributed by atoms with van der Waals surface area (Å²) in [6.07, 6.45) is 6.14. The third-order valence-electron chi connectivity index (χ3n) is 6.79. The van der Waals surface area contributed by atoms with E-state index in [9.17, 15) is 18.0 Å². The monoisotopic (exact) mass is 472 g/mol. The minimum atomic E-state index is -3.55. The number of nitrogens with zero attached hydrogens (tertiary/aromatic N) is 4. The zero-order valence-corrected chi connectivity index (χ0v) is 20.1. The lowest BCUT2D eigenvalue weighted by Gasteiger charge is -2.34. The molecule has 2 aromatic rings. The number of piperidine rings is 1. The van der Waals surface area contributed by atoms with E-state index in [0.717, 1.165) is 12.8 Å². The Hall–Kier alpha value is -2.65. The maximum absolute atomic E-state index is 13.1. The van der Waals surface area contributed by atoms with Crippen LogP contribution in [-0.4, -0.2) is 66.7 Å². The van der Waals surface area contributed by atoms with Crippen molar-refractivity contribution in [2.24, 2.45) is 5.92 Å². The molecule has 2 aliphatic heterocycles. The molecule has 0 saturated carbocycles. The number of anilines is 1. The van der Waals surface area contributed by atoms with E-state index in [2.05, 4.69) is 17.0 Å². The van der Waals surface area contributed by atoms with E-state index in [0.29, 0.717) is 44.5 Å². The first-order valence-electron chi connectivity index (χ1n) is 11.7. The van der Waals surface area contributed by atoms with Crippen LogP contribution in [0.25, 0.3) is 0 Å². The van der Waals surface area contributed by atoms with Gasteiger partial charge < -0.3 is 14.4 Å². The standard InChI is InChI=1S/C24H32N4O4S/c1-3-27(4-2)33(31,32)22-9-7-21(8-10-22)28-18-19(17-23(28)29)24(30)26-15-11-20(12-16-26)25-13-5-6-14-25/h5-10,13-14,19-20H,3-4,11-12,15-18H2,1-2H3. The summed E-state index contributed by atoms with van der Waals surface area (Å²) in [5.41, 5.74) is 0.625. The van der Waals surface area contributed by atoms with Crippen molar-refractivity contribution in [2.45, 2.75) is 44.0 Å². The molecular weight excluding hydrogens is 440 g/mol. The molecule has 2 amide bonds. The number of benzene rings is 1. The molecule has 33 heavy (non-hydrogen) atoms. The second-order valence-electron chi connectivity index (χ2n) is 8.68. The Labute approximate surface area is 195 Å². The predicted molar refractivity (Wildman–Crippen MR) is 126 cm³/mol. The van der Waals surface area contributed by atoms with Crippen molar-refractivity contribution in [3.05, 3.63) is 48.8 Å². The number of carbonyl (C=O) groups is 2. The van der Waals surface area contributed by atoms with Gasteiger partial charge in [-0.2, -0.15) is 4.31 Å². The molecule has 3 heterocycles. The van der Waals surface area contributed by atoms with Gasteiger partial charge in [-0.25, -0.2) is 8.42 Å². The Kier molecular flexibility index (Phi) is 6.90. The predicted octanol–water partition coefficient (Wildman–Crippen LogP) is 2.74. The van der Waals surface area contributed by atoms with Crippen molar-refractivity contribution in [2.75, 3.05) is 37.6 Å². The minimum Gasteiger partial charge on any atom is -0.351 e. The van der Waals surface area contributed by atoms with Gasteiger partial charge in [-0.3, -0.25) is 9.59 Å². The molecular formula is C24H32N4O4S. The quantitative estimate of drug-likeness (QED) is 0.620. The Morgan fingerprint density at radius 1 is 1.03 bits per heavy atom. The molecule has 9 heteroatoms. The number of amides is 2. The molecule has 2 fully saturated rings. The highest BCUT2D eigenvalue weighted by Crippen LogP contribution is 2.30. The number of hydrogen-bond acceptors (Lipinski definition) is 4. The topological polar surface area (TPSA) is 82.9 Å². The highest BCUT2D eigenvalue weighted by atomic mass is 32.2. The summed E-state index contributed by atoms with van der Waals surface area (Å²) < 4.78 is 29.0. The van der Waals surface area contributed by atoms with Crippen molar-refractivity contribution in [3.8, 4) is 0 Å². The first kappa shape index (κ1) is 23.5. The summed E-state index contributed by atoms with van der Waals surface area (Å²) in [6, 6.07) is 10.8. The molecule has 1 unspecified atom stereocenters. The van der Waals surface area contributed by atoms with Gasteiger partial charge in [0.1, 0.15) is 0 Å². The molecule has 8 nitrogen and oxygen atoms in total. The van der Waals surface area contributed by atoms with E-state index >= 15 is 0 Å². The van der Waals surface area contributed by atoms with Crippen LogP contribution in [0.5, 0.6) is 0 Å². The molecule has 2 saturated heterocycles. The van der Waals surface area contributed by atoms with Crippen LogP contribution in [0, 0.1) is 5.92 Å². The third-order valence-corrected chi connectivity index (χ3v) is 8.86. The largest absolute Gasteiger partial charge is 0.351 e. The van der Waals surface area contributed by atoms with E-state index in [1.165, 1.54) is 16.4 Å². The Bertz CT molecular complexity index is 1070. The molecule has 0 spiro atoms. The number of likely N-dealkylation sites (tertiary alicyclic amines) is 1. The average molecular weight is 473 g/mol. The fraction of sp³-hybridized carbons (Fsp3) is 0.500. The van der Waals surface area contributed by atoms with Gasteiger partial charge >= 0.3 is 0 Å². The van der Waals surface area contributed by atoms with Crippen molar-refractivity contribution in [1.29, 1.82) is 0 Å². The maximum atomic E-state index is 13.1. The van der Waals surface area contributed by atoms with E-state index < -0.39 is 10.0 Å². The second kappa shape index (κ2) is 9.69. The van der Waals surface area contributed by atoms with Gasteiger partial charge in [0.25, 0.3) is 0 Å². The van der Waals surface area contributed by atoms with Crippen LogP contribution in [0.2, 0.25) is 0 Å². The van der Waals surface area contributed by atoms with Crippen LogP contribution in [-0.2, 0) is 19.6 Å². The van der Waals surface area contributed by atoms with E-state index in [4.69, 9.17) is 0 Å². The lowest BCUT2D eigenvalue weighted by Crippen LogP contribution is -2.42. The fourth-order valence-corrected chi connectivity index (χ4v) is 6.33. The summed E-state index contributed by atoms with van der Waals surface area (Å²) in [5, 5.41) is 0. The molecule has 0 radical (unpaired) electrons. The average Bonchev–Trinajstić information content (AvgIpc) is 3.50. The van der Waals surface area contributed by atoms with Crippen LogP contribution in [0.3, 0.4) is 0 Å². The van der Waals surface area contributed by atoms with Crippen molar-refractivity contribution in [3.63, 3.8) is 0 Å². The van der Waals surface area contributed by atoms with Gasteiger partial charge in [-0.1, -0.05) is 13.8 Å². The first-order chi connectivity index (χ1) is 15.8. The molecule has 2 aliphatic rings. The molecule has 178 valence electrons. The molecule has 0 bridgehead atoms. The van der Waals surface area contributed by atoms with E-state index in [1.807, 2.05) is 17.0 Å². The fourth-order valence-electron chi connectivity index (χ4n) is 4.87. The van der Waals surface area contributed by atoms with Gasteiger partial charge in [0.15, 0.2) is 0 Å². The van der Waals surface area contributed by atoms with Crippen LogP contribution in [0.4, 0.5) is 5.69 Å². The van der Waals surface area contributed by atoms with Gasteiger partial charge in [0, 0.05) is 63.3 Å². The number of sulfonamides is 1. The van der Waals surface area contributed by atoms with Crippen molar-refractivity contribution >= 4 is 27.5 Å². The molecule has 1 atom stereocenters. The Morgan fingerprint density at radius 3 is 2.21 bits per heavy atom. The molecule has 4 rings (SSSR count). The zero-order chi connectivity index (χ0) is 23.6. The highest BCUT2D eigenvalue weighted by molar-refractivity contribution is 7.89. The summed E-state index contributed by atoms with van der Waals surface area (Å²) >= 11 is 0. The van der Waals surface area contributed by atoms with E-state index in [-0.39, 0.29) is 29.0 Å². The van der Waals surface area contributed by atoms with Crippen molar-refractivity contribution < 1.29 is 18.0 Å². The summed E-state index contributed by atoms with van der Waals surface area (Å²) in [4.78, 5) is 29.5. The lowest BCUT2D eigenvalue weighted by molar-refractivity contribution is -0.137. The maximum Gasteiger partial charge on any atom is 0.243 e. The van der Waals surface area contributed by atoms with Crippen LogP contribution in [0.15, 0.2) is 53.7 Å². The van der Waals surface area contributed by atoms with Gasteiger partial charge in [-0.15, -0.1) is 0 Å². The molecule has 0 aliphatic carbocycles. The summed E-state index contributed by atoms with van der Waals surface area (Å²) in [6.45, 7) is 6.14. The Balaban J connectivity index is 1.39. The van der Waals surface area contributed by atoms with Crippen LogP contribution >= 0.6 is 0 Å². The normalized spacial score (nSPS) is 20.1.